The molecule has 3 heterocycles. The monoisotopic (exact) mass is 348 g/mol. The van der Waals surface area contributed by atoms with Crippen LogP contribution < -0.4 is 0 Å². The molecule has 0 saturated carbocycles. The van der Waals surface area contributed by atoms with E-state index in [4.69, 9.17) is 0 Å². The van der Waals surface area contributed by atoms with Crippen LogP contribution >= 0.6 is 11.8 Å². The lowest BCUT2D eigenvalue weighted by Crippen LogP contribution is -2.56. The van der Waals surface area contributed by atoms with Gasteiger partial charge in [0.25, 0.3) is 5.91 Å². The summed E-state index contributed by atoms with van der Waals surface area (Å²) in [6.07, 6.45) is 4.38. The fraction of sp³-hybridized carbons (Fsp3) is 0.500. The molecule has 2 saturated heterocycles. The molecule has 8 heteroatoms. The van der Waals surface area contributed by atoms with E-state index < -0.39 is 5.54 Å². The van der Waals surface area contributed by atoms with E-state index >= 15 is 0 Å². The molecule has 0 unspecified atom stereocenters. The number of rotatable bonds is 3. The Labute approximate surface area is 145 Å². The molecule has 1 aromatic heterocycles. The molecule has 0 aliphatic carbocycles. The summed E-state index contributed by atoms with van der Waals surface area (Å²) in [5.74, 6) is 0.257. The number of hydrogen-bond acceptors (Lipinski definition) is 5. The van der Waals surface area contributed by atoms with Crippen molar-refractivity contribution >= 4 is 29.6 Å². The first kappa shape index (κ1) is 16.8. The Kier molecular flexibility index (Phi) is 4.49. The Morgan fingerprint density at radius 2 is 1.83 bits per heavy atom. The summed E-state index contributed by atoms with van der Waals surface area (Å²) >= 11 is 1.48. The third kappa shape index (κ3) is 2.75. The minimum absolute atomic E-state index is 0.0550. The Hall–Kier alpha value is -2.09. The lowest BCUT2D eigenvalue weighted by atomic mass is 9.86. The molecule has 0 bridgehead atoms. The molecule has 128 valence electrons. The van der Waals surface area contributed by atoms with Crippen LogP contribution in [0.5, 0.6) is 0 Å². The third-order valence-electron chi connectivity index (χ3n) is 4.87. The second-order valence-corrected chi connectivity index (χ2v) is 7.14. The summed E-state index contributed by atoms with van der Waals surface area (Å²) in [6.45, 7) is 0.986. The number of aromatic nitrogens is 1. The van der Waals surface area contributed by atoms with Gasteiger partial charge in [0.05, 0.1) is 5.75 Å². The van der Waals surface area contributed by atoms with E-state index in [0.29, 0.717) is 31.7 Å². The maximum absolute atomic E-state index is 12.4. The van der Waals surface area contributed by atoms with Crippen molar-refractivity contribution in [3.8, 4) is 0 Å². The van der Waals surface area contributed by atoms with E-state index in [0.717, 1.165) is 4.90 Å². The largest absolute Gasteiger partial charge is 0.342 e. The Morgan fingerprint density at radius 3 is 2.38 bits per heavy atom. The third-order valence-corrected chi connectivity index (χ3v) is 5.87. The van der Waals surface area contributed by atoms with Crippen LogP contribution in [0, 0.1) is 0 Å². The average Bonchev–Trinajstić information content (AvgIpc) is 2.77. The summed E-state index contributed by atoms with van der Waals surface area (Å²) in [7, 11) is 3.18. The van der Waals surface area contributed by atoms with E-state index in [1.807, 2.05) is 12.1 Å². The molecule has 4 amide bonds. The van der Waals surface area contributed by atoms with Crippen LogP contribution in [0.1, 0.15) is 12.8 Å². The number of likely N-dealkylation sites (N-methyl/N-ethyl adjacent to an activating group) is 2. The van der Waals surface area contributed by atoms with Crippen LogP contribution in [0.2, 0.25) is 0 Å². The van der Waals surface area contributed by atoms with Crippen molar-refractivity contribution in [1.82, 2.24) is 19.7 Å². The summed E-state index contributed by atoms with van der Waals surface area (Å²) in [5.41, 5.74) is -0.777. The minimum atomic E-state index is -0.777. The zero-order chi connectivity index (χ0) is 17.3. The topological polar surface area (TPSA) is 73.8 Å². The second kappa shape index (κ2) is 6.43. The van der Waals surface area contributed by atoms with Gasteiger partial charge in [-0.15, -0.1) is 11.8 Å². The SMILES string of the molecule is CN1C(=O)N(C)C2(CCN(C(=O)CSc3ccncc3)CC2)C1=O. The molecule has 2 aliphatic heterocycles. The fourth-order valence-electron chi connectivity index (χ4n) is 3.30. The van der Waals surface area contributed by atoms with Gasteiger partial charge in [0.15, 0.2) is 0 Å². The van der Waals surface area contributed by atoms with Gasteiger partial charge in [0.2, 0.25) is 5.91 Å². The Bertz CT molecular complexity index is 659. The quantitative estimate of drug-likeness (QED) is 0.603. The van der Waals surface area contributed by atoms with Gasteiger partial charge in [0, 0.05) is 44.5 Å². The molecule has 1 aromatic rings. The van der Waals surface area contributed by atoms with Gasteiger partial charge in [0.1, 0.15) is 5.54 Å². The van der Waals surface area contributed by atoms with Gasteiger partial charge < -0.3 is 9.80 Å². The number of nitrogens with zero attached hydrogens (tertiary/aromatic N) is 4. The van der Waals surface area contributed by atoms with Crippen LogP contribution in [0.3, 0.4) is 0 Å². The highest BCUT2D eigenvalue weighted by Gasteiger charge is 2.55. The van der Waals surface area contributed by atoms with Gasteiger partial charge in [-0.05, 0) is 25.0 Å². The Balaban J connectivity index is 1.58. The summed E-state index contributed by atoms with van der Waals surface area (Å²) in [6, 6.07) is 3.47. The van der Waals surface area contributed by atoms with Crippen molar-refractivity contribution in [2.24, 2.45) is 0 Å². The first-order valence-electron chi connectivity index (χ1n) is 7.82. The molecular weight excluding hydrogens is 328 g/mol. The van der Waals surface area contributed by atoms with Gasteiger partial charge in [-0.25, -0.2) is 4.79 Å². The maximum atomic E-state index is 12.4. The minimum Gasteiger partial charge on any atom is -0.342 e. The van der Waals surface area contributed by atoms with Crippen molar-refractivity contribution in [2.75, 3.05) is 32.9 Å². The predicted molar refractivity (Wildman–Crippen MR) is 89.4 cm³/mol. The predicted octanol–water partition coefficient (Wildman–Crippen LogP) is 1.06. The summed E-state index contributed by atoms with van der Waals surface area (Å²) in [5, 5.41) is 0. The first-order valence-corrected chi connectivity index (χ1v) is 8.81. The molecule has 0 radical (unpaired) electrons. The average molecular weight is 348 g/mol. The molecule has 0 N–H and O–H groups in total. The number of amides is 4. The normalized spacial score (nSPS) is 20.2. The molecule has 0 aromatic carbocycles. The van der Waals surface area contributed by atoms with E-state index in [-0.39, 0.29) is 17.8 Å². The number of pyridine rings is 1. The van der Waals surface area contributed by atoms with Crippen LogP contribution in [-0.4, -0.2) is 76.0 Å². The lowest BCUT2D eigenvalue weighted by molar-refractivity contribution is -0.138. The zero-order valence-electron chi connectivity index (χ0n) is 13.8. The number of carbonyl (C=O) groups is 3. The maximum Gasteiger partial charge on any atom is 0.327 e. The number of carbonyl (C=O) groups excluding carboxylic acids is 3. The van der Waals surface area contributed by atoms with Crippen molar-refractivity contribution in [1.29, 1.82) is 0 Å². The van der Waals surface area contributed by atoms with Crippen LogP contribution in [0.15, 0.2) is 29.4 Å². The Morgan fingerprint density at radius 1 is 1.21 bits per heavy atom. The highest BCUT2D eigenvalue weighted by atomic mass is 32.2. The van der Waals surface area contributed by atoms with Crippen molar-refractivity contribution in [2.45, 2.75) is 23.3 Å². The van der Waals surface area contributed by atoms with Crippen LogP contribution in [0.25, 0.3) is 0 Å². The van der Waals surface area contributed by atoms with E-state index in [1.54, 1.807) is 24.3 Å². The number of likely N-dealkylation sites (tertiary alicyclic amines) is 1. The van der Waals surface area contributed by atoms with E-state index in [2.05, 4.69) is 4.98 Å². The van der Waals surface area contributed by atoms with Crippen molar-refractivity contribution in [3.05, 3.63) is 24.5 Å². The fourth-order valence-corrected chi connectivity index (χ4v) is 4.08. The molecule has 3 rings (SSSR count). The second-order valence-electron chi connectivity index (χ2n) is 6.09. The van der Waals surface area contributed by atoms with Gasteiger partial charge in [-0.2, -0.15) is 0 Å². The molecule has 1 spiro atoms. The van der Waals surface area contributed by atoms with Gasteiger partial charge in [-0.3, -0.25) is 19.5 Å². The number of urea groups is 1. The number of piperidine rings is 1. The number of hydrogen-bond donors (Lipinski definition) is 0. The van der Waals surface area contributed by atoms with Crippen molar-refractivity contribution in [3.63, 3.8) is 0 Å². The first-order chi connectivity index (χ1) is 11.5. The highest BCUT2D eigenvalue weighted by molar-refractivity contribution is 8.00. The van der Waals surface area contributed by atoms with Crippen LogP contribution in [0.4, 0.5) is 4.79 Å². The standard InChI is InChI=1S/C16H20N4O3S/c1-18-14(22)16(19(2)15(18)23)5-9-20(10-6-16)13(21)11-24-12-3-7-17-8-4-12/h3-4,7-8H,5-6,9-11H2,1-2H3. The van der Waals surface area contributed by atoms with Crippen molar-refractivity contribution < 1.29 is 14.4 Å². The van der Waals surface area contributed by atoms with E-state index in [9.17, 15) is 14.4 Å². The molecule has 24 heavy (non-hydrogen) atoms. The molecule has 2 aliphatic rings. The molecule has 2 fully saturated rings. The molecule has 0 atom stereocenters. The van der Waals surface area contributed by atoms with Crippen LogP contribution in [-0.2, 0) is 9.59 Å². The number of imide groups is 1. The summed E-state index contributed by atoms with van der Waals surface area (Å²) in [4.78, 5) is 46.3. The van der Waals surface area contributed by atoms with Gasteiger partial charge in [-0.1, -0.05) is 0 Å². The van der Waals surface area contributed by atoms with E-state index in [1.165, 1.54) is 28.6 Å². The smallest absolute Gasteiger partial charge is 0.327 e. The van der Waals surface area contributed by atoms with Gasteiger partial charge >= 0.3 is 6.03 Å². The number of thioether (sulfide) groups is 1. The summed E-state index contributed by atoms with van der Waals surface area (Å²) < 4.78 is 0. The molecule has 7 nitrogen and oxygen atoms in total. The lowest BCUT2D eigenvalue weighted by Gasteiger charge is -2.40. The molecular formula is C16H20N4O3S. The highest BCUT2D eigenvalue weighted by Crippen LogP contribution is 2.35. The zero-order valence-corrected chi connectivity index (χ0v) is 14.6.